The summed E-state index contributed by atoms with van der Waals surface area (Å²) < 4.78 is 30.9. The summed E-state index contributed by atoms with van der Waals surface area (Å²) in [5, 5.41) is 17.7. The lowest BCUT2D eigenvalue weighted by Crippen LogP contribution is -2.34. The third-order valence-electron chi connectivity index (χ3n) is 2.43. The van der Waals surface area contributed by atoms with Crippen molar-refractivity contribution in [2.45, 2.75) is 11.0 Å². The lowest BCUT2D eigenvalue weighted by molar-refractivity contribution is 0.0678. The van der Waals surface area contributed by atoms with Gasteiger partial charge >= 0.3 is 5.97 Å². The lowest BCUT2D eigenvalue weighted by Gasteiger charge is -2.13. The van der Waals surface area contributed by atoms with Crippen LogP contribution in [0.2, 0.25) is 10.0 Å². The van der Waals surface area contributed by atoms with Gasteiger partial charge in [-0.1, -0.05) is 23.2 Å². The van der Waals surface area contributed by atoms with Gasteiger partial charge in [0.1, 0.15) is 4.90 Å². The quantitative estimate of drug-likeness (QED) is 0.670. The molecule has 10 heteroatoms. The molecule has 1 rings (SSSR count). The number of carbonyl (C=O) groups is 1. The van der Waals surface area contributed by atoms with E-state index in [1.54, 1.807) is 0 Å². The van der Waals surface area contributed by atoms with Crippen molar-refractivity contribution in [3.05, 3.63) is 27.7 Å². The summed E-state index contributed by atoms with van der Waals surface area (Å²) >= 11 is 11.5. The topological polar surface area (TPSA) is 113 Å². The summed E-state index contributed by atoms with van der Waals surface area (Å²) in [6, 6.07) is 2.21. The fourth-order valence-corrected chi connectivity index (χ4v) is 3.46. The largest absolute Gasteiger partial charge is 0.478 e. The van der Waals surface area contributed by atoms with Gasteiger partial charge in [0.2, 0.25) is 10.0 Å². The monoisotopic (exact) mass is 357 g/mol. The van der Waals surface area contributed by atoms with E-state index in [-0.39, 0.29) is 18.2 Å². The Morgan fingerprint density at radius 3 is 2.57 bits per heavy atom. The molecule has 0 saturated carbocycles. The van der Waals surface area contributed by atoms with Crippen LogP contribution in [0, 0.1) is 0 Å². The molecule has 0 saturated heterocycles. The van der Waals surface area contributed by atoms with E-state index in [0.717, 1.165) is 12.1 Å². The molecule has 1 unspecified atom stereocenters. The van der Waals surface area contributed by atoms with Gasteiger partial charge in [-0.25, -0.2) is 17.9 Å². The first-order chi connectivity index (χ1) is 9.70. The first-order valence-electron chi connectivity index (χ1n) is 5.58. The number of aliphatic hydroxyl groups excluding tert-OH is 1. The first kappa shape index (κ1) is 18.1. The zero-order valence-corrected chi connectivity index (χ0v) is 13.2. The Kier molecular flexibility index (Phi) is 6.39. The Bertz CT molecular complexity index is 634. The van der Waals surface area contributed by atoms with E-state index in [2.05, 4.69) is 9.46 Å². The minimum atomic E-state index is -4.10. The number of halogens is 2. The Balaban J connectivity index is 3.10. The van der Waals surface area contributed by atoms with E-state index in [1.165, 1.54) is 7.11 Å². The number of carboxylic acids is 1. The normalized spacial score (nSPS) is 13.1. The maximum Gasteiger partial charge on any atom is 0.338 e. The second-order valence-corrected chi connectivity index (χ2v) is 6.52. The second-order valence-electron chi connectivity index (χ2n) is 4.00. The molecule has 0 aliphatic rings. The van der Waals surface area contributed by atoms with Crippen molar-refractivity contribution in [1.29, 1.82) is 0 Å². The van der Waals surface area contributed by atoms with Crippen molar-refractivity contribution in [3.63, 3.8) is 0 Å². The Morgan fingerprint density at radius 1 is 1.43 bits per heavy atom. The number of carboxylic acid groups (broad SMARTS) is 1. The van der Waals surface area contributed by atoms with Crippen LogP contribution in [0.1, 0.15) is 10.4 Å². The number of methoxy groups -OCH3 is 1. The Morgan fingerprint density at radius 2 is 2.05 bits per heavy atom. The van der Waals surface area contributed by atoms with Gasteiger partial charge in [0.15, 0.2) is 0 Å². The fraction of sp³-hybridized carbons (Fsp3) is 0.364. The molecule has 0 fully saturated rings. The minimum Gasteiger partial charge on any atom is -0.478 e. The maximum absolute atomic E-state index is 12.1. The third kappa shape index (κ3) is 4.53. The van der Waals surface area contributed by atoms with Crippen molar-refractivity contribution in [1.82, 2.24) is 4.72 Å². The van der Waals surface area contributed by atoms with Crippen LogP contribution in [0.5, 0.6) is 0 Å². The molecule has 1 aromatic rings. The molecule has 7 nitrogen and oxygen atoms in total. The smallest absolute Gasteiger partial charge is 0.338 e. The molecule has 0 amide bonds. The van der Waals surface area contributed by atoms with Gasteiger partial charge in [0, 0.05) is 13.7 Å². The standard InChI is InChI=1S/C11H13Cl2NO6S/c1-20-5-6(15)4-14-21(18,19)8-3-2-7(12)9(10(8)13)11(16)17/h2-3,6,14-15H,4-5H2,1H3,(H,16,17). The molecule has 0 aliphatic carbocycles. The number of nitrogens with one attached hydrogen (secondary N) is 1. The van der Waals surface area contributed by atoms with E-state index < -0.39 is 37.6 Å². The number of hydrogen-bond acceptors (Lipinski definition) is 5. The van der Waals surface area contributed by atoms with E-state index in [0.29, 0.717) is 0 Å². The molecule has 0 aromatic heterocycles. The first-order valence-corrected chi connectivity index (χ1v) is 7.82. The predicted molar refractivity (Wildman–Crippen MR) is 76.5 cm³/mol. The Hall–Kier alpha value is -0.900. The summed E-state index contributed by atoms with van der Waals surface area (Å²) in [5.74, 6) is -1.44. The number of aliphatic hydroxyl groups is 1. The SMILES string of the molecule is COCC(O)CNS(=O)(=O)c1ccc(Cl)c(C(=O)O)c1Cl. The molecule has 1 aromatic carbocycles. The molecule has 1 atom stereocenters. The zero-order valence-electron chi connectivity index (χ0n) is 10.8. The number of benzene rings is 1. The Labute approximate surface area is 131 Å². The van der Waals surface area contributed by atoms with E-state index in [4.69, 9.17) is 28.3 Å². The van der Waals surface area contributed by atoms with Crippen LogP contribution in [0.15, 0.2) is 17.0 Å². The van der Waals surface area contributed by atoms with Crippen LogP contribution >= 0.6 is 23.2 Å². The van der Waals surface area contributed by atoms with E-state index in [9.17, 15) is 18.3 Å². The average Bonchev–Trinajstić information content (AvgIpc) is 2.36. The molecule has 118 valence electrons. The van der Waals surface area contributed by atoms with Crippen LogP contribution < -0.4 is 4.72 Å². The zero-order chi connectivity index (χ0) is 16.2. The van der Waals surface area contributed by atoms with Gasteiger partial charge in [-0.05, 0) is 12.1 Å². The highest BCUT2D eigenvalue weighted by atomic mass is 35.5. The highest BCUT2D eigenvalue weighted by Gasteiger charge is 2.25. The van der Waals surface area contributed by atoms with Crippen molar-refractivity contribution in [3.8, 4) is 0 Å². The minimum absolute atomic E-state index is 0.0583. The van der Waals surface area contributed by atoms with Crippen LogP contribution in [0.25, 0.3) is 0 Å². The molecule has 0 aliphatic heterocycles. The molecule has 3 N–H and O–H groups in total. The van der Waals surface area contributed by atoms with Crippen LogP contribution in [0.3, 0.4) is 0 Å². The fourth-order valence-electron chi connectivity index (χ4n) is 1.47. The summed E-state index contributed by atoms with van der Waals surface area (Å²) in [4.78, 5) is 10.6. The molecule has 0 bridgehead atoms. The lowest BCUT2D eigenvalue weighted by atomic mass is 10.2. The summed E-state index contributed by atoms with van der Waals surface area (Å²) in [7, 11) is -2.74. The molecule has 0 heterocycles. The van der Waals surface area contributed by atoms with Crippen LogP contribution in [0.4, 0.5) is 0 Å². The predicted octanol–water partition coefficient (Wildman–Crippen LogP) is 0.977. The van der Waals surface area contributed by atoms with E-state index in [1.807, 2.05) is 0 Å². The number of rotatable bonds is 7. The average molecular weight is 358 g/mol. The van der Waals surface area contributed by atoms with Gasteiger partial charge in [-0.3, -0.25) is 0 Å². The highest BCUT2D eigenvalue weighted by molar-refractivity contribution is 7.89. The third-order valence-corrected chi connectivity index (χ3v) is 4.71. The van der Waals surface area contributed by atoms with Gasteiger partial charge < -0.3 is 14.9 Å². The van der Waals surface area contributed by atoms with Crippen molar-refractivity contribution >= 4 is 39.2 Å². The number of aromatic carboxylic acids is 1. The summed E-state index contributed by atoms with van der Waals surface area (Å²) in [6.45, 7) is -0.366. The summed E-state index contributed by atoms with van der Waals surface area (Å²) in [6.07, 6.45) is -1.05. The highest BCUT2D eigenvalue weighted by Crippen LogP contribution is 2.30. The second kappa shape index (κ2) is 7.39. The number of ether oxygens (including phenoxy) is 1. The van der Waals surface area contributed by atoms with E-state index >= 15 is 0 Å². The van der Waals surface area contributed by atoms with Crippen molar-refractivity contribution < 1.29 is 28.2 Å². The molecule has 0 radical (unpaired) electrons. The van der Waals surface area contributed by atoms with Crippen molar-refractivity contribution in [2.75, 3.05) is 20.3 Å². The van der Waals surface area contributed by atoms with Crippen LogP contribution in [-0.2, 0) is 14.8 Å². The number of sulfonamides is 1. The van der Waals surface area contributed by atoms with Gasteiger partial charge in [-0.2, -0.15) is 0 Å². The molecule has 0 spiro atoms. The molecule has 21 heavy (non-hydrogen) atoms. The van der Waals surface area contributed by atoms with Gasteiger partial charge in [-0.15, -0.1) is 0 Å². The number of hydrogen-bond donors (Lipinski definition) is 3. The van der Waals surface area contributed by atoms with Gasteiger partial charge in [0.05, 0.1) is 28.3 Å². The van der Waals surface area contributed by atoms with Gasteiger partial charge in [0.25, 0.3) is 0 Å². The van der Waals surface area contributed by atoms with Crippen molar-refractivity contribution in [2.24, 2.45) is 0 Å². The molecular weight excluding hydrogens is 345 g/mol. The van der Waals surface area contributed by atoms with Crippen LogP contribution in [-0.4, -0.2) is 51.0 Å². The maximum atomic E-state index is 12.1. The summed E-state index contributed by atoms with van der Waals surface area (Å²) in [5.41, 5.74) is -0.501. The molecular formula is C11H13Cl2NO6S.